The molecule has 0 spiro atoms. The number of ether oxygens (including phenoxy) is 2. The van der Waals surface area contributed by atoms with E-state index in [1.807, 2.05) is 30.9 Å². The number of hydrogen-bond donors (Lipinski definition) is 2. The molecular formula is C19H27N3O4. The zero-order valence-corrected chi connectivity index (χ0v) is 15.6. The van der Waals surface area contributed by atoms with Crippen molar-refractivity contribution in [2.24, 2.45) is 10.9 Å². The molecule has 7 heteroatoms. The molecule has 1 amide bonds. The van der Waals surface area contributed by atoms with Gasteiger partial charge in [-0.1, -0.05) is 13.8 Å². The van der Waals surface area contributed by atoms with E-state index in [1.54, 1.807) is 7.11 Å². The number of carbonyl (C=O) groups is 1. The Morgan fingerprint density at radius 1 is 1.35 bits per heavy atom. The monoisotopic (exact) mass is 361 g/mol. The number of unbranched alkanes of at least 4 members (excludes halogenated alkanes) is 2. The van der Waals surface area contributed by atoms with Crippen LogP contribution in [0, 0.1) is 5.92 Å². The second-order valence-corrected chi connectivity index (χ2v) is 6.97. The van der Waals surface area contributed by atoms with Gasteiger partial charge in [0.25, 0.3) is 0 Å². The van der Waals surface area contributed by atoms with E-state index in [2.05, 4.69) is 10.3 Å². The Bertz CT molecular complexity index is 702. The van der Waals surface area contributed by atoms with Crippen LogP contribution in [0.15, 0.2) is 17.1 Å². The maximum atomic E-state index is 12.3. The number of nitrogens with one attached hydrogen (secondary N) is 1. The van der Waals surface area contributed by atoms with Gasteiger partial charge in [0.15, 0.2) is 11.5 Å². The third-order valence-corrected chi connectivity index (χ3v) is 4.76. The van der Waals surface area contributed by atoms with Gasteiger partial charge in [-0.05, 0) is 37.3 Å². The van der Waals surface area contributed by atoms with Crippen LogP contribution < -0.4 is 14.8 Å². The first-order valence-corrected chi connectivity index (χ1v) is 9.16. The minimum atomic E-state index is -0.227. The van der Waals surface area contributed by atoms with Gasteiger partial charge in [-0.3, -0.25) is 10.1 Å². The Kier molecular flexibility index (Phi) is 5.66. The molecule has 1 aromatic carbocycles. The summed E-state index contributed by atoms with van der Waals surface area (Å²) in [5, 5.41) is 11.7. The lowest BCUT2D eigenvalue weighted by atomic mass is 10.0. The quantitative estimate of drug-likeness (QED) is 0.694. The lowest BCUT2D eigenvalue weighted by Gasteiger charge is -2.30. The molecule has 7 nitrogen and oxygen atoms in total. The van der Waals surface area contributed by atoms with Crippen molar-refractivity contribution in [3.8, 4) is 11.5 Å². The van der Waals surface area contributed by atoms with Crippen molar-refractivity contribution < 1.29 is 19.4 Å². The molecule has 1 unspecified atom stereocenters. The number of fused-ring (bicyclic) bond motifs is 2. The second kappa shape index (κ2) is 7.95. The fourth-order valence-corrected chi connectivity index (χ4v) is 3.51. The van der Waals surface area contributed by atoms with Crippen molar-refractivity contribution in [2.45, 2.75) is 45.7 Å². The molecule has 0 aliphatic carbocycles. The van der Waals surface area contributed by atoms with Crippen molar-refractivity contribution in [3.63, 3.8) is 0 Å². The first-order chi connectivity index (χ1) is 12.6. The smallest absolute Gasteiger partial charge is 0.249 e. The molecule has 1 aromatic rings. The van der Waals surface area contributed by atoms with Crippen molar-refractivity contribution in [1.29, 1.82) is 0 Å². The van der Waals surface area contributed by atoms with Gasteiger partial charge in [-0.25, -0.2) is 4.99 Å². The van der Waals surface area contributed by atoms with Gasteiger partial charge < -0.3 is 19.5 Å². The van der Waals surface area contributed by atoms with Crippen LogP contribution in [0.3, 0.4) is 0 Å². The molecule has 3 rings (SSSR count). The number of nitrogens with zero attached hydrogens (tertiary/aromatic N) is 2. The summed E-state index contributed by atoms with van der Waals surface area (Å²) in [6.45, 7) is 5.41. The van der Waals surface area contributed by atoms with Gasteiger partial charge in [0, 0.05) is 12.2 Å². The number of aliphatic hydroxyl groups is 1. The lowest BCUT2D eigenvalue weighted by Crippen LogP contribution is -2.40. The SMILES string of the molecule is COc1c(OCCCCCO)ccc2c1CN1C(=N2)NC(=O)C1C(C)C. The number of aliphatic hydroxyl groups excluding tert-OH is 1. The summed E-state index contributed by atoms with van der Waals surface area (Å²) in [4.78, 5) is 18.9. The van der Waals surface area contributed by atoms with Gasteiger partial charge in [-0.2, -0.15) is 0 Å². The summed E-state index contributed by atoms with van der Waals surface area (Å²) in [7, 11) is 1.63. The lowest BCUT2D eigenvalue weighted by molar-refractivity contribution is -0.122. The average Bonchev–Trinajstić information content (AvgIpc) is 2.94. The average molecular weight is 361 g/mol. The van der Waals surface area contributed by atoms with E-state index >= 15 is 0 Å². The molecule has 0 radical (unpaired) electrons. The third-order valence-electron chi connectivity index (χ3n) is 4.76. The van der Waals surface area contributed by atoms with E-state index in [0.717, 1.165) is 30.5 Å². The highest BCUT2D eigenvalue weighted by Gasteiger charge is 2.41. The number of hydrogen-bond acceptors (Lipinski definition) is 6. The summed E-state index contributed by atoms with van der Waals surface area (Å²) >= 11 is 0. The highest BCUT2D eigenvalue weighted by atomic mass is 16.5. The Balaban J connectivity index is 1.81. The van der Waals surface area contributed by atoms with Crippen LogP contribution in [0.1, 0.15) is 38.7 Å². The van der Waals surface area contributed by atoms with E-state index in [9.17, 15) is 4.79 Å². The Morgan fingerprint density at radius 3 is 2.85 bits per heavy atom. The summed E-state index contributed by atoms with van der Waals surface area (Å²) in [5.41, 5.74) is 1.73. The van der Waals surface area contributed by atoms with Gasteiger partial charge in [0.1, 0.15) is 6.04 Å². The maximum Gasteiger partial charge on any atom is 0.249 e. The fourth-order valence-electron chi connectivity index (χ4n) is 3.51. The molecule has 1 saturated heterocycles. The normalized spacial score (nSPS) is 18.3. The zero-order valence-electron chi connectivity index (χ0n) is 15.6. The molecule has 0 aromatic heterocycles. The van der Waals surface area contributed by atoms with Crippen LogP contribution in [0.2, 0.25) is 0 Å². The molecule has 26 heavy (non-hydrogen) atoms. The molecular weight excluding hydrogens is 334 g/mol. The molecule has 2 N–H and O–H groups in total. The topological polar surface area (TPSA) is 83.4 Å². The van der Waals surface area contributed by atoms with Crippen molar-refractivity contribution in [3.05, 3.63) is 17.7 Å². The number of amides is 1. The predicted octanol–water partition coefficient (Wildman–Crippen LogP) is 2.19. The number of aliphatic imine (C=N–C) groups is 1. The summed E-state index contributed by atoms with van der Waals surface area (Å²) in [5.74, 6) is 2.15. The zero-order chi connectivity index (χ0) is 18.7. The highest BCUT2D eigenvalue weighted by molar-refractivity contribution is 6.08. The maximum absolute atomic E-state index is 12.3. The fraction of sp³-hybridized carbons (Fsp3) is 0.579. The van der Waals surface area contributed by atoms with Crippen LogP contribution >= 0.6 is 0 Å². The molecule has 2 aliphatic rings. The number of carbonyl (C=O) groups excluding carboxylic acids is 1. The Labute approximate surface area is 154 Å². The van der Waals surface area contributed by atoms with E-state index in [0.29, 0.717) is 30.6 Å². The van der Waals surface area contributed by atoms with Crippen molar-refractivity contribution in [1.82, 2.24) is 10.2 Å². The molecule has 0 bridgehead atoms. The number of guanidine groups is 1. The van der Waals surface area contributed by atoms with Crippen LogP contribution in [-0.2, 0) is 11.3 Å². The van der Waals surface area contributed by atoms with E-state index in [-0.39, 0.29) is 24.5 Å². The minimum absolute atomic E-state index is 0.00844. The molecule has 1 atom stereocenters. The largest absolute Gasteiger partial charge is 0.492 e. The van der Waals surface area contributed by atoms with Crippen LogP contribution in [0.4, 0.5) is 5.69 Å². The van der Waals surface area contributed by atoms with Gasteiger partial charge in [0.2, 0.25) is 11.9 Å². The van der Waals surface area contributed by atoms with E-state index in [1.165, 1.54) is 0 Å². The van der Waals surface area contributed by atoms with E-state index in [4.69, 9.17) is 14.6 Å². The van der Waals surface area contributed by atoms with E-state index < -0.39 is 0 Å². The summed E-state index contributed by atoms with van der Waals surface area (Å²) < 4.78 is 11.5. The molecule has 0 saturated carbocycles. The standard InChI is InChI=1S/C19H27N3O4/c1-12(2)16-18(24)21-19-20-14-7-8-15(26-10-6-4-5-9-23)17(25-3)13(14)11-22(16)19/h7-8,12,16,23H,4-6,9-11H2,1-3H3,(H,20,21,24). The molecule has 2 heterocycles. The van der Waals surface area contributed by atoms with Gasteiger partial charge in [-0.15, -0.1) is 0 Å². The number of benzene rings is 1. The minimum Gasteiger partial charge on any atom is -0.492 e. The van der Waals surface area contributed by atoms with Gasteiger partial charge >= 0.3 is 0 Å². The predicted molar refractivity (Wildman–Crippen MR) is 98.8 cm³/mol. The second-order valence-electron chi connectivity index (χ2n) is 6.97. The Morgan fingerprint density at radius 2 is 2.15 bits per heavy atom. The van der Waals surface area contributed by atoms with Crippen molar-refractivity contribution >= 4 is 17.6 Å². The van der Waals surface area contributed by atoms with Crippen LogP contribution in [0.5, 0.6) is 11.5 Å². The Hall–Kier alpha value is -2.28. The molecule has 142 valence electrons. The van der Waals surface area contributed by atoms with Gasteiger partial charge in [0.05, 0.1) is 25.9 Å². The first kappa shape index (κ1) is 18.5. The van der Waals surface area contributed by atoms with Crippen LogP contribution in [-0.4, -0.2) is 48.2 Å². The summed E-state index contributed by atoms with van der Waals surface area (Å²) in [6.07, 6.45) is 2.59. The van der Waals surface area contributed by atoms with Crippen molar-refractivity contribution in [2.75, 3.05) is 20.3 Å². The third kappa shape index (κ3) is 3.49. The highest BCUT2D eigenvalue weighted by Crippen LogP contribution is 2.42. The number of methoxy groups -OCH3 is 1. The summed E-state index contributed by atoms with van der Waals surface area (Å²) in [6, 6.07) is 3.54. The first-order valence-electron chi connectivity index (χ1n) is 9.16. The molecule has 2 aliphatic heterocycles. The number of rotatable bonds is 8. The van der Waals surface area contributed by atoms with Crippen LogP contribution in [0.25, 0.3) is 0 Å². The molecule has 1 fully saturated rings.